The molecule has 3 aromatic rings. The average Bonchev–Trinajstić information content (AvgIpc) is 2.90. The molecule has 0 aliphatic carbocycles. The summed E-state index contributed by atoms with van der Waals surface area (Å²) >= 11 is 1.41. The van der Waals surface area contributed by atoms with E-state index in [1.807, 2.05) is 30.3 Å². The Kier molecular flexibility index (Phi) is 3.01. The molecule has 0 fully saturated rings. The minimum Gasteiger partial charge on any atom is -0.497 e. The highest BCUT2D eigenvalue weighted by Gasteiger charge is 2.14. The molecular weight excluding hydrogens is 258 g/mol. The Labute approximate surface area is 114 Å². The third-order valence-electron chi connectivity index (χ3n) is 2.82. The van der Waals surface area contributed by atoms with Crippen LogP contribution in [0.15, 0.2) is 48.5 Å². The van der Waals surface area contributed by atoms with E-state index in [2.05, 4.69) is 4.98 Å². The van der Waals surface area contributed by atoms with Gasteiger partial charge in [-0.15, -0.1) is 11.3 Å². The highest BCUT2D eigenvalue weighted by molar-refractivity contribution is 7.20. The van der Waals surface area contributed by atoms with Gasteiger partial charge in [-0.05, 0) is 24.3 Å². The van der Waals surface area contributed by atoms with Crippen molar-refractivity contribution >= 4 is 27.3 Å². The van der Waals surface area contributed by atoms with Crippen LogP contribution in [0.5, 0.6) is 5.75 Å². The SMILES string of the molecule is COc1cccc(C(=O)c2nc3ccccc3s2)c1. The van der Waals surface area contributed by atoms with Crippen molar-refractivity contribution in [3.8, 4) is 5.75 Å². The fraction of sp³-hybridized carbons (Fsp3) is 0.0667. The predicted molar refractivity (Wildman–Crippen MR) is 76.0 cm³/mol. The van der Waals surface area contributed by atoms with Gasteiger partial charge >= 0.3 is 0 Å². The number of ketones is 1. The van der Waals surface area contributed by atoms with Gasteiger partial charge in [0, 0.05) is 5.56 Å². The first-order valence-electron chi connectivity index (χ1n) is 5.82. The first kappa shape index (κ1) is 11.9. The average molecular weight is 269 g/mol. The van der Waals surface area contributed by atoms with Crippen molar-refractivity contribution in [3.63, 3.8) is 0 Å². The van der Waals surface area contributed by atoms with Gasteiger partial charge in [-0.3, -0.25) is 4.79 Å². The van der Waals surface area contributed by atoms with Crippen LogP contribution in [0.1, 0.15) is 15.4 Å². The summed E-state index contributed by atoms with van der Waals surface area (Å²) < 4.78 is 6.15. The monoisotopic (exact) mass is 269 g/mol. The normalized spacial score (nSPS) is 10.6. The quantitative estimate of drug-likeness (QED) is 0.683. The number of fused-ring (bicyclic) bond motifs is 1. The van der Waals surface area contributed by atoms with E-state index in [0.717, 1.165) is 10.2 Å². The number of thiazole rings is 1. The standard InChI is InChI=1S/C15H11NO2S/c1-18-11-6-4-5-10(9-11)14(17)15-16-12-7-2-3-8-13(12)19-15/h2-9H,1H3. The number of carbonyl (C=O) groups is 1. The molecule has 0 spiro atoms. The number of ether oxygens (including phenoxy) is 1. The predicted octanol–water partition coefficient (Wildman–Crippen LogP) is 3.54. The van der Waals surface area contributed by atoms with Gasteiger partial charge in [0.2, 0.25) is 5.78 Å². The Hall–Kier alpha value is -2.20. The number of para-hydroxylation sites is 1. The van der Waals surface area contributed by atoms with Gasteiger partial charge in [0.1, 0.15) is 5.75 Å². The summed E-state index contributed by atoms with van der Waals surface area (Å²) in [6.45, 7) is 0. The van der Waals surface area contributed by atoms with Crippen LogP contribution in [-0.2, 0) is 0 Å². The van der Waals surface area contributed by atoms with Crippen LogP contribution in [0.3, 0.4) is 0 Å². The van der Waals surface area contributed by atoms with E-state index in [1.54, 1.807) is 25.3 Å². The van der Waals surface area contributed by atoms with Gasteiger partial charge in [-0.2, -0.15) is 0 Å². The van der Waals surface area contributed by atoms with E-state index in [9.17, 15) is 4.79 Å². The summed E-state index contributed by atoms with van der Waals surface area (Å²) in [6, 6.07) is 14.9. The minimum atomic E-state index is -0.0694. The van der Waals surface area contributed by atoms with Crippen molar-refractivity contribution < 1.29 is 9.53 Å². The lowest BCUT2D eigenvalue weighted by Gasteiger charge is -2.01. The highest BCUT2D eigenvalue weighted by Crippen LogP contribution is 2.24. The second-order valence-corrected chi connectivity index (χ2v) is 5.08. The van der Waals surface area contributed by atoms with Gasteiger partial charge in [0.15, 0.2) is 5.01 Å². The van der Waals surface area contributed by atoms with Gasteiger partial charge in [0.25, 0.3) is 0 Å². The molecule has 4 heteroatoms. The van der Waals surface area contributed by atoms with Crippen LogP contribution in [0.4, 0.5) is 0 Å². The molecule has 0 unspecified atom stereocenters. The van der Waals surface area contributed by atoms with E-state index in [0.29, 0.717) is 16.3 Å². The first-order chi connectivity index (χ1) is 9.28. The maximum atomic E-state index is 12.4. The zero-order valence-corrected chi connectivity index (χ0v) is 11.1. The van der Waals surface area contributed by atoms with Crippen molar-refractivity contribution in [2.24, 2.45) is 0 Å². The molecule has 0 N–H and O–H groups in total. The third kappa shape index (κ3) is 2.22. The summed E-state index contributed by atoms with van der Waals surface area (Å²) in [5.41, 5.74) is 1.46. The molecule has 1 heterocycles. The topological polar surface area (TPSA) is 39.2 Å². The molecule has 0 aliphatic rings. The Morgan fingerprint density at radius 1 is 1.16 bits per heavy atom. The molecule has 3 nitrogen and oxygen atoms in total. The number of aromatic nitrogens is 1. The molecule has 0 atom stereocenters. The van der Waals surface area contributed by atoms with Crippen molar-refractivity contribution in [2.45, 2.75) is 0 Å². The van der Waals surface area contributed by atoms with Crippen molar-refractivity contribution in [3.05, 3.63) is 59.1 Å². The van der Waals surface area contributed by atoms with E-state index < -0.39 is 0 Å². The first-order valence-corrected chi connectivity index (χ1v) is 6.64. The molecule has 3 rings (SSSR count). The second kappa shape index (κ2) is 4.82. The van der Waals surface area contributed by atoms with Crippen molar-refractivity contribution in [2.75, 3.05) is 7.11 Å². The van der Waals surface area contributed by atoms with Gasteiger partial charge in [0.05, 0.1) is 17.3 Å². The van der Waals surface area contributed by atoms with Crippen molar-refractivity contribution in [1.82, 2.24) is 4.98 Å². The highest BCUT2D eigenvalue weighted by atomic mass is 32.1. The lowest BCUT2D eigenvalue weighted by Crippen LogP contribution is -2.00. The Morgan fingerprint density at radius 3 is 2.79 bits per heavy atom. The summed E-state index contributed by atoms with van der Waals surface area (Å²) in [4.78, 5) is 16.7. The van der Waals surface area contributed by atoms with Crippen LogP contribution in [0, 0.1) is 0 Å². The lowest BCUT2D eigenvalue weighted by atomic mass is 10.1. The van der Waals surface area contributed by atoms with Crippen LogP contribution < -0.4 is 4.74 Å². The van der Waals surface area contributed by atoms with Crippen LogP contribution in [0.25, 0.3) is 10.2 Å². The van der Waals surface area contributed by atoms with Crippen molar-refractivity contribution in [1.29, 1.82) is 0 Å². The summed E-state index contributed by atoms with van der Waals surface area (Å²) in [7, 11) is 1.58. The molecule has 0 amide bonds. The van der Waals surface area contributed by atoms with Crippen LogP contribution >= 0.6 is 11.3 Å². The second-order valence-electron chi connectivity index (χ2n) is 4.05. The summed E-state index contributed by atoms with van der Waals surface area (Å²) in [6.07, 6.45) is 0. The van der Waals surface area contributed by atoms with E-state index in [4.69, 9.17) is 4.74 Å². The van der Waals surface area contributed by atoms with E-state index in [-0.39, 0.29) is 5.78 Å². The van der Waals surface area contributed by atoms with Crippen LogP contribution in [-0.4, -0.2) is 17.9 Å². The number of hydrogen-bond donors (Lipinski definition) is 0. The molecule has 0 saturated heterocycles. The van der Waals surface area contributed by atoms with Gasteiger partial charge in [-0.25, -0.2) is 4.98 Å². The number of carbonyl (C=O) groups excluding carboxylic acids is 1. The molecule has 0 saturated carbocycles. The Morgan fingerprint density at radius 2 is 2.00 bits per heavy atom. The minimum absolute atomic E-state index is 0.0694. The molecule has 19 heavy (non-hydrogen) atoms. The number of rotatable bonds is 3. The van der Waals surface area contributed by atoms with E-state index >= 15 is 0 Å². The Bertz CT molecular complexity index is 715. The number of benzene rings is 2. The maximum absolute atomic E-state index is 12.4. The Balaban J connectivity index is 2.02. The molecular formula is C15H11NO2S. The fourth-order valence-corrected chi connectivity index (χ4v) is 2.78. The zero-order valence-electron chi connectivity index (χ0n) is 10.3. The van der Waals surface area contributed by atoms with Crippen LogP contribution in [0.2, 0.25) is 0 Å². The summed E-state index contributed by atoms with van der Waals surface area (Å²) in [5.74, 6) is 0.604. The number of hydrogen-bond acceptors (Lipinski definition) is 4. The van der Waals surface area contributed by atoms with E-state index in [1.165, 1.54) is 11.3 Å². The molecule has 94 valence electrons. The third-order valence-corrected chi connectivity index (χ3v) is 3.86. The molecule has 0 radical (unpaired) electrons. The van der Waals surface area contributed by atoms with Gasteiger partial charge in [-0.1, -0.05) is 24.3 Å². The largest absolute Gasteiger partial charge is 0.497 e. The molecule has 0 bridgehead atoms. The molecule has 2 aromatic carbocycles. The molecule has 0 aliphatic heterocycles. The smallest absolute Gasteiger partial charge is 0.221 e. The number of methoxy groups -OCH3 is 1. The zero-order chi connectivity index (χ0) is 13.2. The fourth-order valence-electron chi connectivity index (χ4n) is 1.86. The lowest BCUT2D eigenvalue weighted by molar-refractivity contribution is 0.103. The van der Waals surface area contributed by atoms with Gasteiger partial charge < -0.3 is 4.74 Å². The molecule has 1 aromatic heterocycles. The number of nitrogens with zero attached hydrogens (tertiary/aromatic N) is 1. The summed E-state index contributed by atoms with van der Waals surface area (Å²) in [5, 5.41) is 0.509. The maximum Gasteiger partial charge on any atom is 0.221 e.